The van der Waals surface area contributed by atoms with E-state index < -0.39 is 0 Å². The molecule has 1 spiro atoms. The van der Waals surface area contributed by atoms with Gasteiger partial charge in [-0.25, -0.2) is 0 Å². The lowest BCUT2D eigenvalue weighted by atomic mass is 9.85. The first-order valence-corrected chi connectivity index (χ1v) is 9.28. The zero-order chi connectivity index (χ0) is 13.5. The molecule has 0 amide bonds. The number of rotatable bonds is 1. The molecule has 0 N–H and O–H groups in total. The van der Waals surface area contributed by atoms with Crippen molar-refractivity contribution in [2.75, 3.05) is 18.1 Å². The quantitative estimate of drug-likeness (QED) is 0.682. The summed E-state index contributed by atoms with van der Waals surface area (Å²) in [5.74, 6) is 2.50. The normalized spacial score (nSPS) is 26.8. The van der Waals surface area contributed by atoms with Gasteiger partial charge in [0.15, 0.2) is 0 Å². The van der Waals surface area contributed by atoms with Crippen LogP contribution in [0.4, 0.5) is 0 Å². The molecule has 19 heavy (non-hydrogen) atoms. The Kier molecular flexibility index (Phi) is 4.16. The third kappa shape index (κ3) is 2.70. The van der Waals surface area contributed by atoms with E-state index >= 15 is 0 Å². The van der Waals surface area contributed by atoms with E-state index in [0.29, 0.717) is 6.04 Å². The van der Waals surface area contributed by atoms with E-state index in [4.69, 9.17) is 9.84 Å². The van der Waals surface area contributed by atoms with Gasteiger partial charge in [-0.1, -0.05) is 0 Å². The van der Waals surface area contributed by atoms with Crippen LogP contribution in [0.1, 0.15) is 43.1 Å². The minimum Gasteiger partial charge on any atom is -0.375 e. The Morgan fingerprint density at radius 3 is 2.74 bits per heavy atom. The van der Waals surface area contributed by atoms with Gasteiger partial charge in [-0.3, -0.25) is 4.68 Å². The molecule has 3 nitrogen and oxygen atoms in total. The molecule has 2 fully saturated rings. The predicted octanol–water partition coefficient (Wildman–Crippen LogP) is 3.72. The maximum absolute atomic E-state index is 6.18. The molecule has 1 atom stereocenters. The lowest BCUT2D eigenvalue weighted by molar-refractivity contribution is -0.100. The van der Waals surface area contributed by atoms with E-state index in [0.717, 1.165) is 25.1 Å². The first kappa shape index (κ1) is 14.2. The van der Waals surface area contributed by atoms with Crippen molar-refractivity contribution in [1.29, 1.82) is 0 Å². The molecule has 5 heteroatoms. The maximum Gasteiger partial charge on any atom is 0.0730 e. The van der Waals surface area contributed by atoms with Crippen LogP contribution >= 0.6 is 34.4 Å². The average molecular weight is 392 g/mol. The summed E-state index contributed by atoms with van der Waals surface area (Å²) in [7, 11) is 0. The Morgan fingerprint density at radius 2 is 2.11 bits per heavy atom. The molecule has 2 aliphatic rings. The molecule has 0 aromatic carbocycles. The summed E-state index contributed by atoms with van der Waals surface area (Å²) in [6.07, 6.45) is 4.67. The molecule has 3 rings (SSSR count). The van der Waals surface area contributed by atoms with Crippen LogP contribution in [0, 0.1) is 17.4 Å². The third-order valence-electron chi connectivity index (χ3n) is 4.45. The highest BCUT2D eigenvalue weighted by molar-refractivity contribution is 14.1. The van der Waals surface area contributed by atoms with E-state index in [-0.39, 0.29) is 5.60 Å². The van der Waals surface area contributed by atoms with Gasteiger partial charge in [-0.2, -0.15) is 16.9 Å². The number of halogens is 1. The van der Waals surface area contributed by atoms with Crippen molar-refractivity contribution in [3.8, 4) is 0 Å². The van der Waals surface area contributed by atoms with Gasteiger partial charge in [0, 0.05) is 12.3 Å². The number of hydrogen-bond donors (Lipinski definition) is 0. The second-order valence-corrected chi connectivity index (χ2v) is 8.02. The minimum absolute atomic E-state index is 0.145. The summed E-state index contributed by atoms with van der Waals surface area (Å²) >= 11 is 4.48. The van der Waals surface area contributed by atoms with Crippen molar-refractivity contribution in [2.24, 2.45) is 0 Å². The Balaban J connectivity index is 1.83. The summed E-state index contributed by atoms with van der Waals surface area (Å²) in [5.41, 5.74) is 2.63. The molecule has 1 aromatic heterocycles. The van der Waals surface area contributed by atoms with E-state index in [1.165, 1.54) is 33.6 Å². The van der Waals surface area contributed by atoms with E-state index in [2.05, 4.69) is 52.9 Å². The Morgan fingerprint density at radius 1 is 1.37 bits per heavy atom. The molecule has 1 unspecified atom stereocenters. The molecular weight excluding hydrogens is 371 g/mol. The van der Waals surface area contributed by atoms with E-state index in [9.17, 15) is 0 Å². The fourth-order valence-corrected chi connectivity index (χ4v) is 4.89. The van der Waals surface area contributed by atoms with Crippen molar-refractivity contribution in [1.82, 2.24) is 9.78 Å². The second kappa shape index (κ2) is 5.56. The molecule has 0 aliphatic carbocycles. The van der Waals surface area contributed by atoms with Crippen LogP contribution in [0.5, 0.6) is 0 Å². The summed E-state index contributed by atoms with van der Waals surface area (Å²) in [6.45, 7) is 5.20. The van der Waals surface area contributed by atoms with Gasteiger partial charge in [0.25, 0.3) is 0 Å². The van der Waals surface area contributed by atoms with Gasteiger partial charge in [-0.05, 0) is 73.6 Å². The van der Waals surface area contributed by atoms with Crippen molar-refractivity contribution >= 4 is 34.4 Å². The molecule has 0 saturated carbocycles. The monoisotopic (exact) mass is 392 g/mol. The van der Waals surface area contributed by atoms with Crippen LogP contribution in [0.15, 0.2) is 0 Å². The van der Waals surface area contributed by atoms with Crippen molar-refractivity contribution < 1.29 is 4.74 Å². The van der Waals surface area contributed by atoms with Gasteiger partial charge in [0.1, 0.15) is 0 Å². The number of nitrogens with zero attached hydrogens (tertiary/aromatic N) is 2. The molecule has 2 aliphatic heterocycles. The van der Waals surface area contributed by atoms with Crippen LogP contribution in [0.2, 0.25) is 0 Å². The third-order valence-corrected chi connectivity index (χ3v) is 7.00. The molecule has 3 heterocycles. The Labute approximate surface area is 133 Å². The van der Waals surface area contributed by atoms with Crippen LogP contribution in [-0.4, -0.2) is 33.5 Å². The smallest absolute Gasteiger partial charge is 0.0730 e. The minimum atomic E-state index is 0.145. The fourth-order valence-electron chi connectivity index (χ4n) is 3.30. The molecular formula is C14H21IN2OS. The topological polar surface area (TPSA) is 27.1 Å². The maximum atomic E-state index is 6.18. The highest BCUT2D eigenvalue weighted by atomic mass is 127. The summed E-state index contributed by atoms with van der Waals surface area (Å²) in [4.78, 5) is 0. The predicted molar refractivity (Wildman–Crippen MR) is 87.9 cm³/mol. The highest BCUT2D eigenvalue weighted by Crippen LogP contribution is 2.41. The summed E-state index contributed by atoms with van der Waals surface area (Å²) in [6, 6.07) is 0.527. The molecule has 1 aromatic rings. The number of thioether (sulfide) groups is 1. The van der Waals surface area contributed by atoms with Crippen molar-refractivity contribution in [3.63, 3.8) is 0 Å². The first-order chi connectivity index (χ1) is 9.11. The standard InChI is InChI=1S/C14H21IN2OS/c1-10-13(15)11(2)17(16-10)12-3-6-18-14(9-12)4-7-19-8-5-14/h12H,3-9H2,1-2H3. The number of aromatic nitrogens is 2. The van der Waals surface area contributed by atoms with Gasteiger partial charge in [-0.15, -0.1) is 0 Å². The Hall–Kier alpha value is 0.250. The largest absolute Gasteiger partial charge is 0.375 e. The van der Waals surface area contributed by atoms with Gasteiger partial charge >= 0.3 is 0 Å². The highest BCUT2D eigenvalue weighted by Gasteiger charge is 2.40. The van der Waals surface area contributed by atoms with Crippen LogP contribution < -0.4 is 0 Å². The van der Waals surface area contributed by atoms with E-state index in [1.54, 1.807) is 0 Å². The molecule has 2 saturated heterocycles. The molecule has 0 radical (unpaired) electrons. The van der Waals surface area contributed by atoms with Crippen LogP contribution in [0.3, 0.4) is 0 Å². The lowest BCUT2D eigenvalue weighted by Crippen LogP contribution is -2.43. The lowest BCUT2D eigenvalue weighted by Gasteiger charge is -2.43. The van der Waals surface area contributed by atoms with Gasteiger partial charge < -0.3 is 4.74 Å². The second-order valence-electron chi connectivity index (χ2n) is 5.72. The number of hydrogen-bond acceptors (Lipinski definition) is 3. The summed E-state index contributed by atoms with van der Waals surface area (Å²) < 4.78 is 9.76. The first-order valence-electron chi connectivity index (χ1n) is 7.04. The number of aryl methyl sites for hydroxylation is 1. The summed E-state index contributed by atoms with van der Waals surface area (Å²) in [5, 5.41) is 4.76. The van der Waals surface area contributed by atoms with E-state index in [1.807, 2.05) is 0 Å². The van der Waals surface area contributed by atoms with Crippen molar-refractivity contribution in [2.45, 2.75) is 51.2 Å². The van der Waals surface area contributed by atoms with Crippen LogP contribution in [0.25, 0.3) is 0 Å². The zero-order valence-corrected chi connectivity index (χ0v) is 14.6. The molecule has 0 bridgehead atoms. The average Bonchev–Trinajstić information content (AvgIpc) is 2.68. The van der Waals surface area contributed by atoms with Crippen LogP contribution in [-0.2, 0) is 4.74 Å². The number of ether oxygens (including phenoxy) is 1. The van der Waals surface area contributed by atoms with Gasteiger partial charge in [0.2, 0.25) is 0 Å². The Bertz CT molecular complexity index is 463. The molecule has 106 valence electrons. The van der Waals surface area contributed by atoms with Gasteiger partial charge in [0.05, 0.1) is 20.9 Å². The fraction of sp³-hybridized carbons (Fsp3) is 0.786. The van der Waals surface area contributed by atoms with Crippen molar-refractivity contribution in [3.05, 3.63) is 15.0 Å². The SMILES string of the molecule is Cc1nn(C2CCOC3(CCSCC3)C2)c(C)c1I. The zero-order valence-electron chi connectivity index (χ0n) is 11.6.